The third kappa shape index (κ3) is 4.94. The first-order valence-electron chi connectivity index (χ1n) is 9.12. The maximum atomic E-state index is 12.2. The molecule has 0 bridgehead atoms. The van der Waals surface area contributed by atoms with E-state index in [1.807, 2.05) is 41.1 Å². The quantitative estimate of drug-likeness (QED) is 0.538. The lowest BCUT2D eigenvalue weighted by atomic mass is 10.1. The molecule has 0 saturated heterocycles. The van der Waals surface area contributed by atoms with Gasteiger partial charge in [0, 0.05) is 13.1 Å². The number of nitrogens with zero attached hydrogens (tertiary/aromatic N) is 3. The van der Waals surface area contributed by atoms with Crippen molar-refractivity contribution >= 4 is 29.0 Å². The summed E-state index contributed by atoms with van der Waals surface area (Å²) in [6.45, 7) is 5.43. The number of carbonyl (C=O) groups excluding carboxylic acids is 1. The van der Waals surface area contributed by atoms with Crippen LogP contribution in [0.5, 0.6) is 5.75 Å². The standard InChI is InChI=1S/C20H24N4O2S2/c1-4-24-19(17-6-5-11-27-17)22-23-20(24)28-13-18(25)21-10-9-15-12-14(2)7-8-16(15)26-3/h5-8,11-12H,4,9-10,13H2,1-3H3,(H,21,25). The Bertz CT molecular complexity index is 922. The van der Waals surface area contributed by atoms with Crippen molar-refractivity contribution in [1.29, 1.82) is 0 Å². The van der Waals surface area contributed by atoms with Crippen LogP contribution in [-0.2, 0) is 17.8 Å². The molecule has 1 amide bonds. The van der Waals surface area contributed by atoms with Gasteiger partial charge >= 0.3 is 0 Å². The predicted octanol–water partition coefficient (Wildman–Crippen LogP) is 3.79. The van der Waals surface area contributed by atoms with Crippen molar-refractivity contribution < 1.29 is 9.53 Å². The fourth-order valence-electron chi connectivity index (χ4n) is 2.89. The summed E-state index contributed by atoms with van der Waals surface area (Å²) in [4.78, 5) is 13.3. The van der Waals surface area contributed by atoms with E-state index in [0.29, 0.717) is 12.3 Å². The summed E-state index contributed by atoms with van der Waals surface area (Å²) in [6, 6.07) is 10.1. The number of methoxy groups -OCH3 is 1. The molecule has 0 radical (unpaired) electrons. The van der Waals surface area contributed by atoms with E-state index in [0.717, 1.165) is 40.1 Å². The van der Waals surface area contributed by atoms with E-state index in [-0.39, 0.29) is 5.91 Å². The fourth-order valence-corrected chi connectivity index (χ4v) is 4.44. The topological polar surface area (TPSA) is 69.0 Å². The summed E-state index contributed by atoms with van der Waals surface area (Å²) in [5.74, 6) is 2.01. The van der Waals surface area contributed by atoms with E-state index in [1.54, 1.807) is 18.4 Å². The van der Waals surface area contributed by atoms with Gasteiger partial charge in [-0.3, -0.25) is 4.79 Å². The maximum Gasteiger partial charge on any atom is 0.230 e. The molecule has 6 nitrogen and oxygen atoms in total. The highest BCUT2D eigenvalue weighted by Crippen LogP contribution is 2.27. The molecule has 148 valence electrons. The number of hydrogen-bond donors (Lipinski definition) is 1. The summed E-state index contributed by atoms with van der Waals surface area (Å²) in [5.41, 5.74) is 2.28. The largest absolute Gasteiger partial charge is 0.496 e. The Morgan fingerprint density at radius 3 is 2.89 bits per heavy atom. The Labute approximate surface area is 173 Å². The van der Waals surface area contributed by atoms with E-state index in [4.69, 9.17) is 4.74 Å². The van der Waals surface area contributed by atoms with Gasteiger partial charge in [-0.05, 0) is 43.3 Å². The van der Waals surface area contributed by atoms with Crippen molar-refractivity contribution in [1.82, 2.24) is 20.1 Å². The average Bonchev–Trinajstić information content (AvgIpc) is 3.35. The molecule has 1 aromatic carbocycles. The van der Waals surface area contributed by atoms with Crippen LogP contribution in [0.1, 0.15) is 18.1 Å². The van der Waals surface area contributed by atoms with Gasteiger partial charge in [0.15, 0.2) is 11.0 Å². The Morgan fingerprint density at radius 2 is 2.18 bits per heavy atom. The second kappa shape index (κ2) is 9.75. The number of amides is 1. The van der Waals surface area contributed by atoms with E-state index in [9.17, 15) is 4.79 Å². The van der Waals surface area contributed by atoms with Gasteiger partial charge in [0.25, 0.3) is 0 Å². The molecule has 2 aromatic heterocycles. The van der Waals surface area contributed by atoms with Gasteiger partial charge in [0.2, 0.25) is 5.91 Å². The van der Waals surface area contributed by atoms with Crippen LogP contribution in [0.3, 0.4) is 0 Å². The number of rotatable bonds is 9. The molecule has 0 aliphatic rings. The lowest BCUT2D eigenvalue weighted by Crippen LogP contribution is -2.27. The first kappa shape index (κ1) is 20.4. The lowest BCUT2D eigenvalue weighted by Gasteiger charge is -2.10. The Balaban J connectivity index is 1.52. The van der Waals surface area contributed by atoms with Gasteiger partial charge in [-0.15, -0.1) is 21.5 Å². The zero-order valence-corrected chi connectivity index (χ0v) is 17.9. The van der Waals surface area contributed by atoms with E-state index < -0.39 is 0 Å². The number of nitrogens with one attached hydrogen (secondary N) is 1. The normalized spacial score (nSPS) is 10.8. The first-order valence-corrected chi connectivity index (χ1v) is 11.0. The molecule has 0 atom stereocenters. The minimum atomic E-state index is -0.0139. The molecular formula is C20H24N4O2S2. The summed E-state index contributed by atoms with van der Waals surface area (Å²) < 4.78 is 7.43. The number of hydrogen-bond acceptors (Lipinski definition) is 6. The molecule has 1 N–H and O–H groups in total. The molecule has 0 unspecified atom stereocenters. The van der Waals surface area contributed by atoms with Crippen LogP contribution >= 0.6 is 23.1 Å². The molecule has 0 fully saturated rings. The number of thioether (sulfide) groups is 1. The number of carbonyl (C=O) groups is 1. The number of thiophene rings is 1. The molecule has 0 aliphatic carbocycles. The van der Waals surface area contributed by atoms with Crippen molar-refractivity contribution in [2.24, 2.45) is 0 Å². The molecule has 2 heterocycles. The minimum Gasteiger partial charge on any atom is -0.496 e. The Hall–Kier alpha value is -2.32. The summed E-state index contributed by atoms with van der Waals surface area (Å²) in [5, 5.41) is 14.3. The third-order valence-corrected chi connectivity index (χ3v) is 6.09. The minimum absolute atomic E-state index is 0.0139. The average molecular weight is 417 g/mol. The Kier molecular flexibility index (Phi) is 7.11. The SMILES string of the molecule is CCn1c(SCC(=O)NCCc2cc(C)ccc2OC)nnc1-c1cccs1. The molecule has 8 heteroatoms. The zero-order valence-electron chi connectivity index (χ0n) is 16.3. The monoisotopic (exact) mass is 416 g/mol. The second-order valence-corrected chi connectivity index (χ2v) is 8.12. The van der Waals surface area contributed by atoms with E-state index >= 15 is 0 Å². The van der Waals surface area contributed by atoms with Crippen LogP contribution in [0.25, 0.3) is 10.7 Å². The van der Waals surface area contributed by atoms with Crippen molar-refractivity contribution in [3.05, 3.63) is 46.8 Å². The van der Waals surface area contributed by atoms with Gasteiger partial charge < -0.3 is 14.6 Å². The molecule has 28 heavy (non-hydrogen) atoms. The van der Waals surface area contributed by atoms with Gasteiger partial charge in [-0.2, -0.15) is 0 Å². The van der Waals surface area contributed by atoms with Crippen LogP contribution in [0, 0.1) is 6.92 Å². The number of aromatic nitrogens is 3. The molecule has 3 rings (SSSR count). The molecule has 3 aromatic rings. The molecule has 0 aliphatic heterocycles. The van der Waals surface area contributed by atoms with Crippen LogP contribution in [-0.4, -0.2) is 40.1 Å². The van der Waals surface area contributed by atoms with Crippen molar-refractivity contribution in [3.63, 3.8) is 0 Å². The number of benzene rings is 1. The van der Waals surface area contributed by atoms with Crippen LogP contribution in [0.4, 0.5) is 0 Å². The van der Waals surface area contributed by atoms with Crippen LogP contribution in [0.15, 0.2) is 40.9 Å². The Morgan fingerprint density at radius 1 is 1.32 bits per heavy atom. The molecule has 0 saturated carbocycles. The van der Waals surface area contributed by atoms with Crippen molar-refractivity contribution in [3.8, 4) is 16.5 Å². The smallest absolute Gasteiger partial charge is 0.230 e. The van der Waals surface area contributed by atoms with Crippen molar-refractivity contribution in [2.75, 3.05) is 19.4 Å². The van der Waals surface area contributed by atoms with Gasteiger partial charge in [-0.25, -0.2) is 0 Å². The fraction of sp³-hybridized carbons (Fsp3) is 0.350. The highest BCUT2D eigenvalue weighted by Gasteiger charge is 2.15. The first-order chi connectivity index (χ1) is 13.6. The molecular weight excluding hydrogens is 392 g/mol. The van der Waals surface area contributed by atoms with Gasteiger partial charge in [0.1, 0.15) is 5.75 Å². The summed E-state index contributed by atoms with van der Waals surface area (Å²) >= 11 is 3.05. The summed E-state index contributed by atoms with van der Waals surface area (Å²) in [7, 11) is 1.66. The molecule has 0 spiro atoms. The van der Waals surface area contributed by atoms with E-state index in [2.05, 4.69) is 28.5 Å². The number of ether oxygens (including phenoxy) is 1. The third-order valence-electron chi connectivity index (χ3n) is 4.26. The highest BCUT2D eigenvalue weighted by molar-refractivity contribution is 7.99. The highest BCUT2D eigenvalue weighted by atomic mass is 32.2. The number of aryl methyl sites for hydroxylation is 1. The van der Waals surface area contributed by atoms with Gasteiger partial charge in [-0.1, -0.05) is 35.5 Å². The summed E-state index contributed by atoms with van der Waals surface area (Å²) in [6.07, 6.45) is 0.731. The zero-order chi connectivity index (χ0) is 19.9. The van der Waals surface area contributed by atoms with Crippen LogP contribution < -0.4 is 10.1 Å². The lowest BCUT2D eigenvalue weighted by molar-refractivity contribution is -0.118. The van der Waals surface area contributed by atoms with Crippen molar-refractivity contribution in [2.45, 2.75) is 32.0 Å². The van der Waals surface area contributed by atoms with Crippen LogP contribution in [0.2, 0.25) is 0 Å². The maximum absolute atomic E-state index is 12.2. The van der Waals surface area contributed by atoms with Gasteiger partial charge in [0.05, 0.1) is 17.7 Å². The predicted molar refractivity (Wildman–Crippen MR) is 114 cm³/mol. The van der Waals surface area contributed by atoms with E-state index in [1.165, 1.54) is 17.3 Å². The second-order valence-electron chi connectivity index (χ2n) is 6.23.